The zero-order valence-corrected chi connectivity index (χ0v) is 17.8. The summed E-state index contributed by atoms with van der Waals surface area (Å²) in [6.07, 6.45) is 6.99. The lowest BCUT2D eigenvalue weighted by Crippen LogP contribution is -2.26. The molecule has 32 heavy (non-hydrogen) atoms. The number of ether oxygens (including phenoxy) is 1. The maximum absolute atomic E-state index is 13.4. The first kappa shape index (κ1) is 19.2. The lowest BCUT2D eigenvalue weighted by atomic mass is 9.99. The Labute approximate surface area is 183 Å². The molecule has 0 unspecified atom stereocenters. The van der Waals surface area contributed by atoms with Gasteiger partial charge in [-0.1, -0.05) is 0 Å². The number of aromatic amines is 1. The smallest absolute Gasteiger partial charge is 0.274 e. The molecule has 1 aromatic carbocycles. The van der Waals surface area contributed by atoms with E-state index in [4.69, 9.17) is 4.74 Å². The number of nitrogens with one attached hydrogen (secondary N) is 1. The molecule has 8 heteroatoms. The van der Waals surface area contributed by atoms with Crippen LogP contribution in [0, 0.1) is 6.92 Å². The van der Waals surface area contributed by atoms with Crippen molar-refractivity contribution in [2.45, 2.75) is 38.8 Å². The molecule has 2 aliphatic rings. The van der Waals surface area contributed by atoms with E-state index in [1.54, 1.807) is 12.4 Å². The van der Waals surface area contributed by atoms with E-state index in [2.05, 4.69) is 15.0 Å². The first-order chi connectivity index (χ1) is 15.6. The standard InChI is InChI=1S/C24H23N5O3/c1-14-8-20-19(9-18(14)24(31)28-12-16-2-5-25-10-17(16)13-28)27-23(30)21-11-26-22(29(20)21)15-3-6-32-7-4-15/h2,5,8-11,15H,3-4,6-7,12-13H2,1H3,(H,27,30). The van der Waals surface area contributed by atoms with Crippen molar-refractivity contribution >= 4 is 22.5 Å². The Hall–Kier alpha value is -3.52. The maximum Gasteiger partial charge on any atom is 0.274 e. The number of benzene rings is 1. The average Bonchev–Trinajstić information content (AvgIpc) is 3.45. The van der Waals surface area contributed by atoms with E-state index in [1.807, 2.05) is 40.6 Å². The lowest BCUT2D eigenvalue weighted by Gasteiger charge is -2.22. The van der Waals surface area contributed by atoms with Crippen LogP contribution in [0.5, 0.6) is 0 Å². The highest BCUT2D eigenvalue weighted by atomic mass is 16.5. The van der Waals surface area contributed by atoms with Crippen molar-refractivity contribution in [3.63, 3.8) is 0 Å². The molecular weight excluding hydrogens is 406 g/mol. The van der Waals surface area contributed by atoms with Gasteiger partial charge in [0.1, 0.15) is 11.3 Å². The van der Waals surface area contributed by atoms with E-state index in [1.165, 1.54) is 0 Å². The largest absolute Gasteiger partial charge is 0.381 e. The molecule has 4 aromatic rings. The van der Waals surface area contributed by atoms with Crippen LogP contribution in [0.2, 0.25) is 0 Å². The van der Waals surface area contributed by atoms with Crippen LogP contribution in [-0.4, -0.2) is 43.4 Å². The van der Waals surface area contributed by atoms with Crippen molar-refractivity contribution in [1.29, 1.82) is 0 Å². The molecule has 6 rings (SSSR count). The fourth-order valence-electron chi connectivity index (χ4n) is 4.95. The minimum atomic E-state index is -0.204. The number of hydrogen-bond donors (Lipinski definition) is 1. The lowest BCUT2D eigenvalue weighted by molar-refractivity contribution is 0.0750. The van der Waals surface area contributed by atoms with Gasteiger partial charge in [-0.25, -0.2) is 4.98 Å². The number of nitrogens with zero attached hydrogens (tertiary/aromatic N) is 4. The molecule has 1 N–H and O–H groups in total. The summed E-state index contributed by atoms with van der Waals surface area (Å²) < 4.78 is 7.46. The number of rotatable bonds is 2. The molecule has 2 aliphatic heterocycles. The van der Waals surface area contributed by atoms with Crippen LogP contribution >= 0.6 is 0 Å². The summed E-state index contributed by atoms with van der Waals surface area (Å²) in [5.41, 5.74) is 5.50. The summed E-state index contributed by atoms with van der Waals surface area (Å²) in [5, 5.41) is 0. The second kappa shape index (κ2) is 7.27. The summed E-state index contributed by atoms with van der Waals surface area (Å²) in [6.45, 7) is 4.46. The number of hydrogen-bond acceptors (Lipinski definition) is 5. The second-order valence-corrected chi connectivity index (χ2v) is 8.67. The minimum Gasteiger partial charge on any atom is -0.381 e. The monoisotopic (exact) mass is 429 g/mol. The number of carbonyl (C=O) groups is 1. The Bertz CT molecular complexity index is 1410. The summed E-state index contributed by atoms with van der Waals surface area (Å²) >= 11 is 0. The van der Waals surface area contributed by atoms with Gasteiger partial charge in [0, 0.05) is 50.2 Å². The third kappa shape index (κ3) is 2.94. The molecule has 1 amide bonds. The predicted molar refractivity (Wildman–Crippen MR) is 119 cm³/mol. The maximum atomic E-state index is 13.4. The van der Waals surface area contributed by atoms with Gasteiger partial charge in [-0.2, -0.15) is 0 Å². The van der Waals surface area contributed by atoms with Gasteiger partial charge in [-0.3, -0.25) is 19.0 Å². The van der Waals surface area contributed by atoms with Crippen LogP contribution in [0.3, 0.4) is 0 Å². The van der Waals surface area contributed by atoms with Crippen LogP contribution in [-0.2, 0) is 17.8 Å². The summed E-state index contributed by atoms with van der Waals surface area (Å²) in [6, 6.07) is 5.75. The Morgan fingerprint density at radius 3 is 2.75 bits per heavy atom. The van der Waals surface area contributed by atoms with Crippen LogP contribution in [0.15, 0.2) is 41.6 Å². The fraction of sp³-hybridized carbons (Fsp3) is 0.333. The van der Waals surface area contributed by atoms with E-state index in [0.29, 0.717) is 42.9 Å². The van der Waals surface area contributed by atoms with Gasteiger partial charge in [-0.15, -0.1) is 0 Å². The Balaban J connectivity index is 1.45. The van der Waals surface area contributed by atoms with Gasteiger partial charge in [-0.05, 0) is 54.7 Å². The van der Waals surface area contributed by atoms with Crippen molar-refractivity contribution in [3.05, 3.63) is 75.2 Å². The zero-order valence-electron chi connectivity index (χ0n) is 17.8. The van der Waals surface area contributed by atoms with Gasteiger partial charge < -0.3 is 14.6 Å². The summed E-state index contributed by atoms with van der Waals surface area (Å²) in [5.74, 6) is 1.09. The molecule has 8 nitrogen and oxygen atoms in total. The number of imidazole rings is 1. The van der Waals surface area contributed by atoms with Gasteiger partial charge in [0.25, 0.3) is 11.5 Å². The Kier molecular flexibility index (Phi) is 4.36. The molecule has 0 bridgehead atoms. The number of amides is 1. The highest BCUT2D eigenvalue weighted by Crippen LogP contribution is 2.30. The number of aromatic nitrogens is 4. The van der Waals surface area contributed by atoms with E-state index >= 15 is 0 Å². The van der Waals surface area contributed by atoms with Crippen LogP contribution in [0.25, 0.3) is 16.6 Å². The van der Waals surface area contributed by atoms with Crippen LogP contribution < -0.4 is 5.56 Å². The molecule has 0 aliphatic carbocycles. The number of H-pyrrole nitrogens is 1. The highest BCUT2D eigenvalue weighted by molar-refractivity contribution is 5.99. The molecule has 3 aromatic heterocycles. The van der Waals surface area contributed by atoms with E-state index in [9.17, 15) is 9.59 Å². The SMILES string of the molecule is Cc1cc2c(cc1C(=O)N1Cc3ccncc3C1)[nH]c(=O)c1cnc(C3CCOCC3)n12. The number of pyridine rings is 1. The molecule has 1 fully saturated rings. The quantitative estimate of drug-likeness (QED) is 0.529. The van der Waals surface area contributed by atoms with Crippen molar-refractivity contribution in [2.24, 2.45) is 0 Å². The van der Waals surface area contributed by atoms with Crippen LogP contribution in [0.4, 0.5) is 0 Å². The van der Waals surface area contributed by atoms with Gasteiger partial charge in [0.2, 0.25) is 0 Å². The molecule has 0 spiro atoms. The summed E-state index contributed by atoms with van der Waals surface area (Å²) in [7, 11) is 0. The van der Waals surface area contributed by atoms with Crippen molar-refractivity contribution in [2.75, 3.05) is 13.2 Å². The van der Waals surface area contributed by atoms with E-state index in [-0.39, 0.29) is 17.4 Å². The fourth-order valence-corrected chi connectivity index (χ4v) is 4.95. The molecular formula is C24H23N5O3. The molecule has 162 valence electrons. The molecule has 0 radical (unpaired) electrons. The van der Waals surface area contributed by atoms with Crippen molar-refractivity contribution < 1.29 is 9.53 Å². The zero-order chi connectivity index (χ0) is 21.8. The minimum absolute atomic E-state index is 0.0446. The molecule has 0 saturated carbocycles. The van der Waals surface area contributed by atoms with Gasteiger partial charge in [0.15, 0.2) is 0 Å². The third-order valence-corrected chi connectivity index (χ3v) is 6.68. The Morgan fingerprint density at radius 1 is 1.12 bits per heavy atom. The normalized spacial score (nSPS) is 16.7. The number of aryl methyl sites for hydroxylation is 1. The Morgan fingerprint density at radius 2 is 1.94 bits per heavy atom. The van der Waals surface area contributed by atoms with E-state index < -0.39 is 0 Å². The van der Waals surface area contributed by atoms with Crippen molar-refractivity contribution in [1.82, 2.24) is 24.3 Å². The molecule has 0 atom stereocenters. The summed E-state index contributed by atoms with van der Waals surface area (Å²) in [4.78, 5) is 39.7. The highest BCUT2D eigenvalue weighted by Gasteiger charge is 2.27. The first-order valence-corrected chi connectivity index (χ1v) is 10.9. The topological polar surface area (TPSA) is 92.6 Å². The number of fused-ring (bicyclic) bond motifs is 4. The molecule has 1 saturated heterocycles. The second-order valence-electron chi connectivity index (χ2n) is 8.67. The van der Waals surface area contributed by atoms with Gasteiger partial charge >= 0.3 is 0 Å². The van der Waals surface area contributed by atoms with Gasteiger partial charge in [0.05, 0.1) is 17.2 Å². The predicted octanol–water partition coefficient (Wildman–Crippen LogP) is 2.93. The van der Waals surface area contributed by atoms with Crippen molar-refractivity contribution in [3.8, 4) is 0 Å². The van der Waals surface area contributed by atoms with Crippen LogP contribution in [0.1, 0.15) is 51.6 Å². The number of carbonyl (C=O) groups excluding carboxylic acids is 1. The first-order valence-electron chi connectivity index (χ1n) is 10.9. The average molecular weight is 429 g/mol. The third-order valence-electron chi connectivity index (χ3n) is 6.68. The van der Waals surface area contributed by atoms with E-state index in [0.717, 1.165) is 40.9 Å². The molecule has 5 heterocycles.